The molecule has 1 atom stereocenters. The molecule has 0 radical (unpaired) electrons. The number of unbranched alkanes of at least 4 members (excludes halogenated alkanes) is 3. The van der Waals surface area contributed by atoms with Crippen LogP contribution >= 0.6 is 0 Å². The second-order valence-corrected chi connectivity index (χ2v) is 9.67. The Balaban J connectivity index is 1.38. The number of benzene rings is 2. The number of carbonyl (C=O) groups excluding carboxylic acids is 1. The Labute approximate surface area is 193 Å². The van der Waals surface area contributed by atoms with Gasteiger partial charge in [-0.25, -0.2) is 4.79 Å². The monoisotopic (exact) mass is 434 g/mol. The van der Waals surface area contributed by atoms with Crippen LogP contribution in [0.1, 0.15) is 96.0 Å². The van der Waals surface area contributed by atoms with Gasteiger partial charge in [0.05, 0.1) is 0 Å². The molecule has 1 heterocycles. The van der Waals surface area contributed by atoms with Gasteiger partial charge < -0.3 is 9.47 Å². The summed E-state index contributed by atoms with van der Waals surface area (Å²) in [5.74, 6) is 2.58. The van der Waals surface area contributed by atoms with Crippen molar-refractivity contribution in [1.82, 2.24) is 0 Å². The van der Waals surface area contributed by atoms with E-state index in [1.165, 1.54) is 62.5 Å². The first-order valence-corrected chi connectivity index (χ1v) is 12.8. The molecule has 1 saturated carbocycles. The highest BCUT2D eigenvalue weighted by atomic mass is 16.6. The molecule has 32 heavy (non-hydrogen) atoms. The molecule has 0 spiro atoms. The van der Waals surface area contributed by atoms with Crippen LogP contribution in [0.4, 0.5) is 0 Å². The van der Waals surface area contributed by atoms with Gasteiger partial charge in [-0.2, -0.15) is 0 Å². The molecule has 172 valence electrons. The molecule has 1 fully saturated rings. The summed E-state index contributed by atoms with van der Waals surface area (Å²) in [6.45, 7) is 4.40. The fraction of sp³-hybridized carbons (Fsp3) is 0.552. The van der Waals surface area contributed by atoms with Crippen molar-refractivity contribution in [3.05, 3.63) is 48.0 Å². The van der Waals surface area contributed by atoms with E-state index < -0.39 is 6.10 Å². The molecule has 1 aliphatic heterocycles. The summed E-state index contributed by atoms with van der Waals surface area (Å²) in [5.41, 5.74) is 3.75. The third-order valence-corrected chi connectivity index (χ3v) is 7.28. The van der Waals surface area contributed by atoms with Gasteiger partial charge in [0.25, 0.3) is 0 Å². The van der Waals surface area contributed by atoms with Crippen molar-refractivity contribution >= 4 is 5.97 Å². The molecule has 1 aliphatic carbocycles. The molecule has 4 rings (SSSR count). The van der Waals surface area contributed by atoms with E-state index in [0.717, 1.165) is 24.3 Å². The van der Waals surface area contributed by atoms with Crippen LogP contribution in [-0.2, 0) is 4.79 Å². The second-order valence-electron chi connectivity index (χ2n) is 9.67. The summed E-state index contributed by atoms with van der Waals surface area (Å²) in [6.07, 6.45) is 13.2. The first-order valence-electron chi connectivity index (χ1n) is 12.8. The van der Waals surface area contributed by atoms with Crippen LogP contribution in [0, 0.1) is 5.92 Å². The molecule has 0 bridgehead atoms. The Hall–Kier alpha value is -2.29. The van der Waals surface area contributed by atoms with Gasteiger partial charge in [0.1, 0.15) is 0 Å². The summed E-state index contributed by atoms with van der Waals surface area (Å²) >= 11 is 0. The molecule has 0 saturated heterocycles. The minimum atomic E-state index is -0.489. The van der Waals surface area contributed by atoms with E-state index in [9.17, 15) is 4.79 Å². The standard InChI is InChI=1S/C29H38O3/c1-3-5-7-8-21-10-12-22(13-11-21)23-14-16-24(17-15-23)25-18-19-26-28(20-25)31-27(9-6-4-2)29(30)32-26/h14-22,27H,3-13H2,1-2H3/t21?,22?,27-/m1/s1. The van der Waals surface area contributed by atoms with E-state index in [2.05, 4.69) is 38.1 Å². The minimum absolute atomic E-state index is 0.275. The van der Waals surface area contributed by atoms with E-state index in [1.807, 2.05) is 18.2 Å². The van der Waals surface area contributed by atoms with Gasteiger partial charge in [-0.05, 0) is 79.2 Å². The molecule has 0 unspecified atom stereocenters. The van der Waals surface area contributed by atoms with E-state index >= 15 is 0 Å². The Kier molecular flexibility index (Phi) is 7.89. The fourth-order valence-corrected chi connectivity index (χ4v) is 5.22. The van der Waals surface area contributed by atoms with Crippen LogP contribution in [0.25, 0.3) is 11.1 Å². The predicted molar refractivity (Wildman–Crippen MR) is 130 cm³/mol. The van der Waals surface area contributed by atoms with Crippen LogP contribution in [0.3, 0.4) is 0 Å². The molecule has 2 aromatic carbocycles. The summed E-state index contributed by atoms with van der Waals surface area (Å²) < 4.78 is 11.5. The topological polar surface area (TPSA) is 35.5 Å². The Morgan fingerprint density at radius 2 is 1.50 bits per heavy atom. The number of hydrogen-bond acceptors (Lipinski definition) is 3. The fourth-order valence-electron chi connectivity index (χ4n) is 5.22. The van der Waals surface area contributed by atoms with Crippen molar-refractivity contribution in [3.63, 3.8) is 0 Å². The van der Waals surface area contributed by atoms with Gasteiger partial charge in [-0.1, -0.05) is 76.3 Å². The van der Waals surface area contributed by atoms with Crippen molar-refractivity contribution in [2.75, 3.05) is 0 Å². The van der Waals surface area contributed by atoms with Crippen LogP contribution in [-0.4, -0.2) is 12.1 Å². The largest absolute Gasteiger partial charge is 0.475 e. The van der Waals surface area contributed by atoms with Gasteiger partial charge in [-0.15, -0.1) is 0 Å². The first-order chi connectivity index (χ1) is 15.7. The zero-order chi connectivity index (χ0) is 22.3. The Morgan fingerprint density at radius 1 is 0.781 bits per heavy atom. The van der Waals surface area contributed by atoms with Gasteiger partial charge in [0.2, 0.25) is 0 Å². The summed E-state index contributed by atoms with van der Waals surface area (Å²) in [6, 6.07) is 15.0. The molecule has 3 heteroatoms. The average molecular weight is 435 g/mol. The molecule has 0 N–H and O–H groups in total. The summed E-state index contributed by atoms with van der Waals surface area (Å²) in [5, 5.41) is 0. The quantitative estimate of drug-likeness (QED) is 0.227. The smallest absolute Gasteiger partial charge is 0.352 e. The van der Waals surface area contributed by atoms with Crippen molar-refractivity contribution < 1.29 is 14.3 Å². The third kappa shape index (κ3) is 5.54. The lowest BCUT2D eigenvalue weighted by molar-refractivity contribution is -0.145. The van der Waals surface area contributed by atoms with Crippen molar-refractivity contribution in [2.24, 2.45) is 5.92 Å². The van der Waals surface area contributed by atoms with Crippen molar-refractivity contribution in [1.29, 1.82) is 0 Å². The van der Waals surface area contributed by atoms with Gasteiger partial charge >= 0.3 is 5.97 Å². The zero-order valence-electron chi connectivity index (χ0n) is 19.8. The summed E-state index contributed by atoms with van der Waals surface area (Å²) in [4.78, 5) is 12.1. The first kappa shape index (κ1) is 22.9. The molecule has 2 aromatic rings. The van der Waals surface area contributed by atoms with Crippen molar-refractivity contribution in [2.45, 2.75) is 96.5 Å². The summed E-state index contributed by atoms with van der Waals surface area (Å²) in [7, 11) is 0. The highest BCUT2D eigenvalue weighted by Crippen LogP contribution is 2.40. The van der Waals surface area contributed by atoms with Gasteiger partial charge in [0, 0.05) is 0 Å². The number of rotatable bonds is 9. The highest BCUT2D eigenvalue weighted by molar-refractivity contribution is 5.81. The SMILES string of the molecule is CCCCCC1CCC(c2ccc(-c3ccc4c(c3)O[C@H](CCCC)C(=O)O4)cc2)CC1. The molecule has 0 aromatic heterocycles. The lowest BCUT2D eigenvalue weighted by Gasteiger charge is -2.29. The number of fused-ring (bicyclic) bond motifs is 1. The number of ether oxygens (including phenoxy) is 2. The van der Waals surface area contributed by atoms with E-state index in [-0.39, 0.29) is 5.97 Å². The number of carbonyl (C=O) groups is 1. The van der Waals surface area contributed by atoms with Gasteiger partial charge in [-0.3, -0.25) is 0 Å². The van der Waals surface area contributed by atoms with E-state index in [1.54, 1.807) is 0 Å². The lowest BCUT2D eigenvalue weighted by Crippen LogP contribution is -2.35. The molecule has 3 nitrogen and oxygen atoms in total. The minimum Gasteiger partial charge on any atom is -0.475 e. The maximum absolute atomic E-state index is 12.1. The van der Waals surface area contributed by atoms with Crippen LogP contribution in [0.5, 0.6) is 11.5 Å². The third-order valence-electron chi connectivity index (χ3n) is 7.28. The number of esters is 1. The van der Waals surface area contributed by atoms with Crippen molar-refractivity contribution in [3.8, 4) is 22.6 Å². The van der Waals surface area contributed by atoms with E-state index in [4.69, 9.17) is 9.47 Å². The van der Waals surface area contributed by atoms with Crippen LogP contribution in [0.2, 0.25) is 0 Å². The molecule has 2 aliphatic rings. The lowest BCUT2D eigenvalue weighted by atomic mass is 9.77. The highest BCUT2D eigenvalue weighted by Gasteiger charge is 2.29. The number of hydrogen-bond donors (Lipinski definition) is 0. The van der Waals surface area contributed by atoms with Gasteiger partial charge in [0.15, 0.2) is 17.6 Å². The molecular formula is C29H38O3. The van der Waals surface area contributed by atoms with E-state index in [0.29, 0.717) is 23.8 Å². The predicted octanol–water partition coefficient (Wildman–Crippen LogP) is 8.06. The normalized spacial score (nSPS) is 22.7. The Bertz CT molecular complexity index is 878. The second kappa shape index (κ2) is 11.0. The Morgan fingerprint density at radius 3 is 2.22 bits per heavy atom. The maximum Gasteiger partial charge on any atom is 0.352 e. The maximum atomic E-state index is 12.1. The average Bonchev–Trinajstić information content (AvgIpc) is 2.83. The van der Waals surface area contributed by atoms with Crippen LogP contribution in [0.15, 0.2) is 42.5 Å². The molecule has 0 amide bonds. The molecular weight excluding hydrogens is 396 g/mol. The van der Waals surface area contributed by atoms with Crippen LogP contribution < -0.4 is 9.47 Å². The zero-order valence-corrected chi connectivity index (χ0v) is 19.8.